The van der Waals surface area contributed by atoms with Crippen molar-refractivity contribution < 1.29 is 9.59 Å². The Morgan fingerprint density at radius 2 is 1.81 bits per heavy atom. The highest BCUT2D eigenvalue weighted by Gasteiger charge is 2.51. The highest BCUT2D eigenvalue weighted by Crippen LogP contribution is 2.42. The Balaban J connectivity index is 1.29. The molecular weight excluding hydrogens is 340 g/mol. The number of hydrogen-bond acceptors (Lipinski definition) is 4. The zero-order chi connectivity index (χ0) is 18.8. The van der Waals surface area contributed by atoms with Gasteiger partial charge < -0.3 is 14.7 Å². The van der Waals surface area contributed by atoms with Gasteiger partial charge in [-0.3, -0.25) is 9.59 Å². The smallest absolute Gasteiger partial charge is 0.226 e. The van der Waals surface area contributed by atoms with Gasteiger partial charge in [-0.25, -0.2) is 4.98 Å². The molecule has 6 nitrogen and oxygen atoms in total. The second-order valence-electron chi connectivity index (χ2n) is 8.04. The van der Waals surface area contributed by atoms with Crippen LogP contribution in [0.25, 0.3) is 0 Å². The first-order chi connectivity index (χ1) is 13.2. The van der Waals surface area contributed by atoms with Crippen LogP contribution in [0.2, 0.25) is 0 Å². The zero-order valence-corrected chi connectivity index (χ0v) is 16.2. The van der Waals surface area contributed by atoms with Crippen LogP contribution in [0.4, 0.5) is 5.82 Å². The van der Waals surface area contributed by atoms with Crippen LogP contribution in [-0.4, -0.2) is 65.4 Å². The summed E-state index contributed by atoms with van der Waals surface area (Å²) in [6.45, 7) is 6.07. The Morgan fingerprint density at radius 3 is 2.52 bits per heavy atom. The third-order valence-corrected chi connectivity index (χ3v) is 6.37. The molecule has 0 aromatic carbocycles. The largest absolute Gasteiger partial charge is 0.353 e. The predicted octanol–water partition coefficient (Wildman–Crippen LogP) is 2.16. The van der Waals surface area contributed by atoms with Crippen molar-refractivity contribution >= 4 is 17.6 Å². The Morgan fingerprint density at radius 1 is 1.04 bits per heavy atom. The van der Waals surface area contributed by atoms with Gasteiger partial charge in [-0.05, 0) is 44.2 Å². The molecule has 1 aromatic rings. The number of nitrogens with zero attached hydrogens (tertiary/aromatic N) is 4. The fraction of sp³-hybridized carbons (Fsp3) is 0.667. The molecule has 146 valence electrons. The first kappa shape index (κ1) is 18.3. The normalized spacial score (nSPS) is 28.2. The third kappa shape index (κ3) is 3.80. The second kappa shape index (κ2) is 7.87. The minimum atomic E-state index is -0.0849. The number of piperazine rings is 1. The summed E-state index contributed by atoms with van der Waals surface area (Å²) < 4.78 is 0. The average molecular weight is 370 g/mol. The first-order valence-corrected chi connectivity index (χ1v) is 10.4. The van der Waals surface area contributed by atoms with Gasteiger partial charge in [0, 0.05) is 45.0 Å². The molecule has 2 aliphatic heterocycles. The molecule has 1 saturated carbocycles. The van der Waals surface area contributed by atoms with Crippen LogP contribution in [0.15, 0.2) is 24.4 Å². The minimum Gasteiger partial charge on any atom is -0.353 e. The molecule has 0 N–H and O–H groups in total. The number of carbonyl (C=O) groups excluding carboxylic acids is 2. The monoisotopic (exact) mass is 370 g/mol. The molecule has 4 rings (SSSR count). The minimum absolute atomic E-state index is 0.0709. The van der Waals surface area contributed by atoms with Crippen molar-refractivity contribution in [3.8, 4) is 0 Å². The molecule has 3 unspecified atom stereocenters. The van der Waals surface area contributed by atoms with E-state index in [0.29, 0.717) is 19.1 Å². The van der Waals surface area contributed by atoms with Gasteiger partial charge in [0.05, 0.1) is 11.8 Å². The van der Waals surface area contributed by atoms with Crippen molar-refractivity contribution in [3.05, 3.63) is 24.4 Å². The number of aromatic nitrogens is 1. The summed E-state index contributed by atoms with van der Waals surface area (Å²) in [6, 6.07) is 6.30. The Labute approximate surface area is 161 Å². The quantitative estimate of drug-likeness (QED) is 0.815. The topological polar surface area (TPSA) is 56.8 Å². The second-order valence-corrected chi connectivity index (χ2v) is 8.04. The lowest BCUT2D eigenvalue weighted by Gasteiger charge is -2.36. The molecule has 1 aliphatic carbocycles. The fourth-order valence-electron chi connectivity index (χ4n) is 4.60. The number of carbonyl (C=O) groups is 2. The van der Waals surface area contributed by atoms with Crippen LogP contribution in [0.3, 0.4) is 0 Å². The lowest BCUT2D eigenvalue weighted by molar-refractivity contribution is -0.140. The van der Waals surface area contributed by atoms with E-state index in [4.69, 9.17) is 0 Å². The molecular formula is C21H30N4O2. The van der Waals surface area contributed by atoms with E-state index in [1.54, 1.807) is 6.20 Å². The van der Waals surface area contributed by atoms with E-state index in [9.17, 15) is 9.59 Å². The van der Waals surface area contributed by atoms with Gasteiger partial charge >= 0.3 is 0 Å². The average Bonchev–Trinajstić information content (AvgIpc) is 3.54. The van der Waals surface area contributed by atoms with E-state index >= 15 is 0 Å². The van der Waals surface area contributed by atoms with Crippen LogP contribution in [0.5, 0.6) is 0 Å². The van der Waals surface area contributed by atoms with E-state index in [0.717, 1.165) is 51.1 Å². The predicted molar refractivity (Wildman–Crippen MR) is 104 cm³/mol. The lowest BCUT2D eigenvalue weighted by atomic mass is 9.99. The zero-order valence-electron chi connectivity index (χ0n) is 16.2. The van der Waals surface area contributed by atoms with Crippen LogP contribution >= 0.6 is 0 Å². The van der Waals surface area contributed by atoms with Crippen molar-refractivity contribution in [2.45, 2.75) is 45.1 Å². The molecule has 3 atom stereocenters. The number of piperidine rings is 1. The van der Waals surface area contributed by atoms with Gasteiger partial charge in [-0.1, -0.05) is 13.0 Å². The summed E-state index contributed by atoms with van der Waals surface area (Å²) in [7, 11) is 0. The summed E-state index contributed by atoms with van der Waals surface area (Å²) in [5.74, 6) is 1.22. The summed E-state index contributed by atoms with van der Waals surface area (Å²) in [5.41, 5.74) is 0. The number of anilines is 1. The van der Waals surface area contributed by atoms with Gasteiger partial charge in [-0.2, -0.15) is 0 Å². The maximum atomic E-state index is 12.9. The highest BCUT2D eigenvalue weighted by atomic mass is 16.2. The first-order valence-electron chi connectivity index (χ1n) is 10.4. The van der Waals surface area contributed by atoms with Crippen LogP contribution in [0.1, 0.15) is 39.0 Å². The molecule has 0 bridgehead atoms. The number of hydrogen-bond donors (Lipinski definition) is 0. The summed E-state index contributed by atoms with van der Waals surface area (Å²) in [5, 5.41) is 0. The molecule has 3 heterocycles. The van der Waals surface area contributed by atoms with E-state index in [2.05, 4.69) is 21.7 Å². The lowest BCUT2D eigenvalue weighted by Crippen LogP contribution is -2.50. The molecule has 2 amide bonds. The van der Waals surface area contributed by atoms with Crippen molar-refractivity contribution in [1.29, 1.82) is 0 Å². The van der Waals surface area contributed by atoms with E-state index < -0.39 is 0 Å². The van der Waals surface area contributed by atoms with Gasteiger partial charge in [0.1, 0.15) is 5.82 Å². The number of likely N-dealkylation sites (tertiary alicyclic amines) is 1. The standard InChI is InChI=1S/C21H30N4O2/c1-2-16-7-4-6-10-25(16)21(27)18-15-17(18)20(26)24-13-11-23(12-14-24)19-8-3-5-9-22-19/h3,5,8-9,16-18H,2,4,6-7,10-15H2,1H3. The summed E-state index contributed by atoms with van der Waals surface area (Å²) in [6.07, 6.45) is 7.00. The van der Waals surface area contributed by atoms with Crippen LogP contribution in [0, 0.1) is 11.8 Å². The molecule has 0 spiro atoms. The van der Waals surface area contributed by atoms with Gasteiger partial charge in [0.2, 0.25) is 11.8 Å². The molecule has 3 aliphatic rings. The van der Waals surface area contributed by atoms with Crippen LogP contribution < -0.4 is 4.90 Å². The summed E-state index contributed by atoms with van der Waals surface area (Å²) >= 11 is 0. The van der Waals surface area contributed by atoms with Crippen molar-refractivity contribution in [3.63, 3.8) is 0 Å². The van der Waals surface area contributed by atoms with Gasteiger partial charge in [-0.15, -0.1) is 0 Å². The molecule has 3 fully saturated rings. The van der Waals surface area contributed by atoms with Crippen molar-refractivity contribution in [1.82, 2.24) is 14.8 Å². The Kier molecular flexibility index (Phi) is 5.32. The van der Waals surface area contributed by atoms with Crippen molar-refractivity contribution in [2.24, 2.45) is 11.8 Å². The molecule has 1 aromatic heterocycles. The molecule has 0 radical (unpaired) electrons. The summed E-state index contributed by atoms with van der Waals surface area (Å²) in [4.78, 5) is 36.4. The molecule has 6 heteroatoms. The Bertz CT molecular complexity index is 672. The fourth-order valence-corrected chi connectivity index (χ4v) is 4.60. The maximum Gasteiger partial charge on any atom is 0.226 e. The maximum absolute atomic E-state index is 12.9. The van der Waals surface area contributed by atoms with Crippen molar-refractivity contribution in [2.75, 3.05) is 37.6 Å². The number of rotatable bonds is 4. The third-order valence-electron chi connectivity index (χ3n) is 6.37. The Hall–Kier alpha value is -2.11. The SMILES string of the molecule is CCC1CCCCN1C(=O)C1CC1C(=O)N1CCN(c2ccccn2)CC1. The van der Waals surface area contributed by atoms with E-state index in [-0.39, 0.29) is 23.7 Å². The highest BCUT2D eigenvalue weighted by molar-refractivity contribution is 5.92. The molecule has 2 saturated heterocycles. The van der Waals surface area contributed by atoms with E-state index in [1.807, 2.05) is 23.1 Å². The van der Waals surface area contributed by atoms with Crippen LogP contribution in [-0.2, 0) is 9.59 Å². The van der Waals surface area contributed by atoms with Gasteiger partial charge in [0.25, 0.3) is 0 Å². The van der Waals surface area contributed by atoms with E-state index in [1.165, 1.54) is 6.42 Å². The van der Waals surface area contributed by atoms with Gasteiger partial charge in [0.15, 0.2) is 0 Å². The molecule has 27 heavy (non-hydrogen) atoms. The number of pyridine rings is 1. The number of amides is 2.